The average Bonchev–Trinajstić information content (AvgIpc) is 3.69. The van der Waals surface area contributed by atoms with Gasteiger partial charge in [0.25, 0.3) is 0 Å². The number of Topliss-reactive ketones (excluding diaryl/α,β-unsaturated/α-hetero) is 1. The Hall–Kier alpha value is -3.14. The Kier molecular flexibility index (Phi) is 7.93. The molecule has 8 nitrogen and oxygen atoms in total. The van der Waals surface area contributed by atoms with Crippen LogP contribution in [0.3, 0.4) is 0 Å². The summed E-state index contributed by atoms with van der Waals surface area (Å²) in [5.74, 6) is 0.805. The molecule has 0 radical (unpaired) electrons. The number of carbonyl (C=O) groups is 1. The Bertz CT molecular complexity index is 1340. The number of nitrogens with one attached hydrogen (secondary N) is 1. The predicted octanol–water partition coefficient (Wildman–Crippen LogP) is 5.41. The second-order valence-corrected chi connectivity index (χ2v) is 10.4. The number of aromatic nitrogens is 4. The van der Waals surface area contributed by atoms with Crippen molar-refractivity contribution in [3.05, 3.63) is 53.7 Å². The molecule has 0 aromatic carbocycles. The third-order valence-electron chi connectivity index (χ3n) is 7.07. The van der Waals surface area contributed by atoms with Crippen LogP contribution in [0.1, 0.15) is 50.4 Å². The molecule has 4 aromatic heterocycles. The third-order valence-corrected chi connectivity index (χ3v) is 7.96. The van der Waals surface area contributed by atoms with E-state index in [0.29, 0.717) is 41.8 Å². The van der Waals surface area contributed by atoms with Gasteiger partial charge >= 0.3 is 0 Å². The van der Waals surface area contributed by atoms with Crippen LogP contribution in [0, 0.1) is 0 Å². The molecular weight excluding hydrogens is 484 g/mol. The van der Waals surface area contributed by atoms with Crippen LogP contribution in [-0.2, 0) is 4.74 Å². The summed E-state index contributed by atoms with van der Waals surface area (Å²) >= 11 is 1.65. The molecule has 2 atom stereocenters. The molecule has 0 spiro atoms. The van der Waals surface area contributed by atoms with Crippen LogP contribution >= 0.6 is 11.3 Å². The maximum atomic E-state index is 13.4. The van der Waals surface area contributed by atoms with Crippen molar-refractivity contribution >= 4 is 28.6 Å². The number of thiophene rings is 1. The standard InChI is InChI=1S/C28H34N6O2S/c1-4-33(5-2)19(3)8-9-25(35)20-15-24(31-27(16-20)30-21-11-13-36-18-21)22-17-29-34-12-10-23(32-28(22)34)26-7-6-14-37-26/h6-7,10,12,14-17,19,21H,4-5,8-9,11,13,18H2,1-3H3,(H,30,31)/t19-,21?/m0/s1. The Labute approximate surface area is 221 Å². The summed E-state index contributed by atoms with van der Waals surface area (Å²) in [5.41, 5.74) is 3.76. The van der Waals surface area contributed by atoms with Crippen molar-refractivity contribution in [3.63, 3.8) is 0 Å². The number of rotatable bonds is 11. The normalized spacial score (nSPS) is 16.5. The summed E-state index contributed by atoms with van der Waals surface area (Å²) in [6.07, 6.45) is 5.92. The lowest BCUT2D eigenvalue weighted by Crippen LogP contribution is -2.33. The maximum Gasteiger partial charge on any atom is 0.165 e. The van der Waals surface area contributed by atoms with Crippen LogP contribution in [0.25, 0.3) is 27.5 Å². The van der Waals surface area contributed by atoms with Crippen LogP contribution < -0.4 is 5.32 Å². The van der Waals surface area contributed by atoms with Gasteiger partial charge in [-0.05, 0) is 62.5 Å². The Balaban J connectivity index is 1.48. The largest absolute Gasteiger partial charge is 0.379 e. The minimum absolute atomic E-state index is 0.122. The van der Waals surface area contributed by atoms with E-state index in [1.165, 1.54) is 0 Å². The molecule has 1 aliphatic rings. The van der Waals surface area contributed by atoms with E-state index in [1.807, 2.05) is 35.8 Å². The molecule has 5 heterocycles. The zero-order chi connectivity index (χ0) is 25.8. The molecular formula is C28H34N6O2S. The highest BCUT2D eigenvalue weighted by molar-refractivity contribution is 7.13. The van der Waals surface area contributed by atoms with Gasteiger partial charge in [0.2, 0.25) is 0 Å². The monoisotopic (exact) mass is 518 g/mol. The number of pyridine rings is 1. The molecule has 0 saturated carbocycles. The highest BCUT2D eigenvalue weighted by atomic mass is 32.1. The van der Waals surface area contributed by atoms with E-state index in [-0.39, 0.29) is 11.8 Å². The first-order chi connectivity index (χ1) is 18.1. The van der Waals surface area contributed by atoms with Gasteiger partial charge < -0.3 is 15.0 Å². The molecule has 1 aliphatic heterocycles. The maximum absolute atomic E-state index is 13.4. The minimum Gasteiger partial charge on any atom is -0.379 e. The van der Waals surface area contributed by atoms with Gasteiger partial charge in [0.1, 0.15) is 5.82 Å². The first-order valence-electron chi connectivity index (χ1n) is 13.1. The number of hydrogen-bond donors (Lipinski definition) is 1. The fourth-order valence-electron chi connectivity index (χ4n) is 4.89. The first-order valence-corrected chi connectivity index (χ1v) is 14.0. The van der Waals surface area contributed by atoms with Crippen LogP contribution in [-0.4, -0.2) is 68.7 Å². The smallest absolute Gasteiger partial charge is 0.165 e. The lowest BCUT2D eigenvalue weighted by atomic mass is 10.0. The van der Waals surface area contributed by atoms with Crippen molar-refractivity contribution in [3.8, 4) is 21.8 Å². The summed E-state index contributed by atoms with van der Waals surface area (Å²) in [4.78, 5) is 26.7. The van der Waals surface area contributed by atoms with Gasteiger partial charge in [-0.2, -0.15) is 5.10 Å². The van der Waals surface area contributed by atoms with Gasteiger partial charge in [0, 0.05) is 30.8 Å². The molecule has 9 heteroatoms. The second kappa shape index (κ2) is 11.5. The van der Waals surface area contributed by atoms with Gasteiger partial charge in [0.05, 0.1) is 40.7 Å². The van der Waals surface area contributed by atoms with Crippen LogP contribution in [0.15, 0.2) is 48.1 Å². The fraction of sp³-hybridized carbons (Fsp3) is 0.429. The average molecular weight is 519 g/mol. The van der Waals surface area contributed by atoms with Crippen LogP contribution in [0.2, 0.25) is 0 Å². The number of ketones is 1. The fourth-order valence-corrected chi connectivity index (χ4v) is 5.58. The zero-order valence-corrected chi connectivity index (χ0v) is 22.5. The van der Waals surface area contributed by atoms with Crippen molar-refractivity contribution in [2.24, 2.45) is 0 Å². The lowest BCUT2D eigenvalue weighted by molar-refractivity contribution is 0.0964. The summed E-state index contributed by atoms with van der Waals surface area (Å²) < 4.78 is 7.30. The van der Waals surface area contributed by atoms with E-state index < -0.39 is 0 Å². The SMILES string of the molecule is CCN(CC)[C@@H](C)CCC(=O)c1cc(NC2CCOC2)nc(-c2cnn3ccc(-c4cccs4)nc23)c1. The molecule has 4 aromatic rings. The van der Waals surface area contributed by atoms with E-state index in [2.05, 4.69) is 42.2 Å². The molecule has 0 amide bonds. The van der Waals surface area contributed by atoms with Crippen molar-refractivity contribution in [1.29, 1.82) is 0 Å². The van der Waals surface area contributed by atoms with Gasteiger partial charge in [0.15, 0.2) is 11.4 Å². The third kappa shape index (κ3) is 5.74. The molecule has 194 valence electrons. The summed E-state index contributed by atoms with van der Waals surface area (Å²) in [5, 5.41) is 10.0. The summed E-state index contributed by atoms with van der Waals surface area (Å²) in [6.45, 7) is 9.86. The van der Waals surface area contributed by atoms with Crippen molar-refractivity contribution in [2.75, 3.05) is 31.6 Å². The minimum atomic E-state index is 0.122. The number of carbonyl (C=O) groups excluding carboxylic acids is 1. The Morgan fingerprint density at radius 1 is 1.24 bits per heavy atom. The highest BCUT2D eigenvalue weighted by Gasteiger charge is 2.20. The van der Waals surface area contributed by atoms with Gasteiger partial charge in [-0.3, -0.25) is 4.79 Å². The van der Waals surface area contributed by atoms with Crippen molar-refractivity contribution in [1.82, 2.24) is 24.5 Å². The van der Waals surface area contributed by atoms with Crippen molar-refractivity contribution in [2.45, 2.75) is 52.1 Å². The van der Waals surface area contributed by atoms with Crippen molar-refractivity contribution < 1.29 is 9.53 Å². The molecule has 1 N–H and O–H groups in total. The summed E-state index contributed by atoms with van der Waals surface area (Å²) in [6, 6.07) is 10.3. The molecule has 1 fully saturated rings. The van der Waals surface area contributed by atoms with Gasteiger partial charge in [-0.15, -0.1) is 11.3 Å². The van der Waals surface area contributed by atoms with E-state index in [0.717, 1.165) is 48.7 Å². The molecule has 0 aliphatic carbocycles. The number of hydrogen-bond acceptors (Lipinski definition) is 8. The highest BCUT2D eigenvalue weighted by Crippen LogP contribution is 2.29. The number of fused-ring (bicyclic) bond motifs is 1. The Morgan fingerprint density at radius 2 is 2.11 bits per heavy atom. The molecule has 5 rings (SSSR count). The quantitative estimate of drug-likeness (QED) is 0.266. The van der Waals surface area contributed by atoms with Crippen LogP contribution in [0.4, 0.5) is 5.82 Å². The van der Waals surface area contributed by atoms with E-state index in [1.54, 1.807) is 22.0 Å². The van der Waals surface area contributed by atoms with Gasteiger partial charge in [-0.25, -0.2) is 14.5 Å². The number of ether oxygens (including phenoxy) is 1. The first kappa shape index (κ1) is 25.5. The van der Waals surface area contributed by atoms with Gasteiger partial charge in [-0.1, -0.05) is 19.9 Å². The molecule has 1 saturated heterocycles. The Morgan fingerprint density at radius 3 is 2.84 bits per heavy atom. The number of nitrogens with zero attached hydrogens (tertiary/aromatic N) is 5. The zero-order valence-electron chi connectivity index (χ0n) is 21.7. The van der Waals surface area contributed by atoms with E-state index >= 15 is 0 Å². The molecule has 0 bridgehead atoms. The lowest BCUT2D eigenvalue weighted by Gasteiger charge is -2.26. The van der Waals surface area contributed by atoms with E-state index in [9.17, 15) is 4.79 Å². The molecule has 1 unspecified atom stereocenters. The molecule has 37 heavy (non-hydrogen) atoms. The van der Waals surface area contributed by atoms with Crippen LogP contribution in [0.5, 0.6) is 0 Å². The predicted molar refractivity (Wildman–Crippen MR) is 148 cm³/mol. The van der Waals surface area contributed by atoms with E-state index in [4.69, 9.17) is 14.7 Å². The summed E-state index contributed by atoms with van der Waals surface area (Å²) in [7, 11) is 0. The topological polar surface area (TPSA) is 84.7 Å². The number of anilines is 1. The second-order valence-electron chi connectivity index (χ2n) is 9.48.